The molecule has 2 aromatic carbocycles. The Morgan fingerprint density at radius 1 is 1.29 bits per heavy atom. The van der Waals surface area contributed by atoms with Crippen molar-refractivity contribution < 1.29 is 9.53 Å². The van der Waals surface area contributed by atoms with Crippen molar-refractivity contribution in [2.75, 3.05) is 16.4 Å². The maximum atomic E-state index is 13.3. The molecule has 1 atom stereocenters. The van der Waals surface area contributed by atoms with Gasteiger partial charge in [0.05, 0.1) is 21.6 Å². The van der Waals surface area contributed by atoms with Crippen LogP contribution in [0.2, 0.25) is 5.02 Å². The Labute approximate surface area is 183 Å². The SMILES string of the molecule is CC(C)(C(=O)Nc1cccc(Cl)c1)C1COC(CI)=C(c2ccccc2)N1[O-]. The van der Waals surface area contributed by atoms with Crippen LogP contribution in [0.5, 0.6) is 0 Å². The topological polar surface area (TPSA) is 64.6 Å². The Balaban J connectivity index is 1.88. The van der Waals surface area contributed by atoms with Gasteiger partial charge in [0.15, 0.2) is 0 Å². The summed E-state index contributed by atoms with van der Waals surface area (Å²) in [6.07, 6.45) is 0. The van der Waals surface area contributed by atoms with Gasteiger partial charge in [0.1, 0.15) is 12.4 Å². The predicted molar refractivity (Wildman–Crippen MR) is 121 cm³/mol. The molecule has 2 aromatic rings. The quantitative estimate of drug-likeness (QED) is 0.437. The van der Waals surface area contributed by atoms with E-state index in [9.17, 15) is 10.0 Å². The average molecular weight is 512 g/mol. The summed E-state index contributed by atoms with van der Waals surface area (Å²) >= 11 is 8.18. The van der Waals surface area contributed by atoms with Crippen molar-refractivity contribution in [1.82, 2.24) is 5.06 Å². The number of halogens is 2. The number of nitrogens with one attached hydrogen (secondary N) is 1. The van der Waals surface area contributed by atoms with Crippen LogP contribution in [0.1, 0.15) is 19.4 Å². The fourth-order valence-corrected chi connectivity index (χ4v) is 3.86. The zero-order chi connectivity index (χ0) is 20.3. The van der Waals surface area contributed by atoms with Gasteiger partial charge in [0.25, 0.3) is 0 Å². The number of alkyl halides is 1. The van der Waals surface area contributed by atoms with Crippen LogP contribution in [-0.2, 0) is 9.53 Å². The summed E-state index contributed by atoms with van der Waals surface area (Å²) in [5.41, 5.74) is 0.849. The van der Waals surface area contributed by atoms with E-state index in [1.807, 2.05) is 30.3 Å². The number of carbonyl (C=O) groups excluding carboxylic acids is 1. The van der Waals surface area contributed by atoms with E-state index in [-0.39, 0.29) is 12.5 Å². The lowest BCUT2D eigenvalue weighted by molar-refractivity contribution is -0.127. The smallest absolute Gasteiger partial charge is 0.232 e. The first-order valence-electron chi connectivity index (χ1n) is 8.85. The summed E-state index contributed by atoms with van der Waals surface area (Å²) in [7, 11) is 0. The number of allylic oxidation sites excluding steroid dienone is 1. The van der Waals surface area contributed by atoms with Crippen LogP contribution >= 0.6 is 34.2 Å². The largest absolute Gasteiger partial charge is 0.758 e. The first-order valence-corrected chi connectivity index (χ1v) is 10.8. The van der Waals surface area contributed by atoms with Gasteiger partial charge in [-0.1, -0.05) is 70.6 Å². The van der Waals surface area contributed by atoms with Crippen LogP contribution in [0.3, 0.4) is 0 Å². The molecule has 0 spiro atoms. The first kappa shape index (κ1) is 21.0. The van der Waals surface area contributed by atoms with Gasteiger partial charge in [-0.3, -0.25) is 4.79 Å². The highest BCUT2D eigenvalue weighted by molar-refractivity contribution is 14.1. The second kappa shape index (κ2) is 8.71. The summed E-state index contributed by atoms with van der Waals surface area (Å²) in [6, 6.07) is 15.6. The van der Waals surface area contributed by atoms with Crippen molar-refractivity contribution in [2.45, 2.75) is 19.9 Å². The van der Waals surface area contributed by atoms with E-state index in [2.05, 4.69) is 27.9 Å². The normalized spacial score (nSPS) is 17.3. The highest BCUT2D eigenvalue weighted by Gasteiger charge is 2.41. The van der Waals surface area contributed by atoms with Crippen molar-refractivity contribution >= 4 is 51.5 Å². The van der Waals surface area contributed by atoms with Crippen LogP contribution in [-0.4, -0.2) is 28.0 Å². The van der Waals surface area contributed by atoms with Gasteiger partial charge in [-0.2, -0.15) is 0 Å². The lowest BCUT2D eigenvalue weighted by Gasteiger charge is -2.50. The fourth-order valence-electron chi connectivity index (χ4n) is 3.09. The molecule has 1 aliphatic rings. The van der Waals surface area contributed by atoms with Gasteiger partial charge in [0.2, 0.25) is 5.91 Å². The molecule has 28 heavy (non-hydrogen) atoms. The Morgan fingerprint density at radius 2 is 2.00 bits per heavy atom. The molecule has 0 saturated heterocycles. The molecular weight excluding hydrogens is 491 g/mol. The van der Waals surface area contributed by atoms with Crippen LogP contribution in [0.25, 0.3) is 5.70 Å². The molecule has 0 bridgehead atoms. The standard InChI is InChI=1S/C21H21ClIN2O3/c1-21(2,20(26)24-16-10-6-9-15(22)11-16)18-13-28-17(12-23)19(25(18)27)14-7-4-3-5-8-14/h3-11,18H,12-13H2,1-2H3,(H,24,26)/q-1. The molecule has 1 amide bonds. The summed E-state index contributed by atoms with van der Waals surface area (Å²) in [5, 5.41) is 17.7. The van der Waals surface area contributed by atoms with Crippen LogP contribution < -0.4 is 5.32 Å². The molecule has 1 heterocycles. The Hall–Kier alpha value is -1.77. The minimum absolute atomic E-state index is 0.147. The van der Waals surface area contributed by atoms with Gasteiger partial charge in [-0.05, 0) is 32.0 Å². The first-order chi connectivity index (χ1) is 13.3. The molecule has 148 valence electrons. The van der Waals surface area contributed by atoms with Gasteiger partial charge in [0, 0.05) is 16.3 Å². The summed E-state index contributed by atoms with van der Waals surface area (Å²) in [6.45, 7) is 3.65. The van der Waals surface area contributed by atoms with E-state index in [4.69, 9.17) is 16.3 Å². The molecule has 1 aliphatic heterocycles. The number of nitrogens with zero attached hydrogens (tertiary/aromatic N) is 1. The maximum Gasteiger partial charge on any atom is 0.232 e. The van der Waals surface area contributed by atoms with Gasteiger partial charge >= 0.3 is 0 Å². The molecule has 0 radical (unpaired) electrons. The number of amides is 1. The lowest BCUT2D eigenvalue weighted by Crippen LogP contribution is -2.52. The monoisotopic (exact) mass is 511 g/mol. The van der Waals surface area contributed by atoms with Crippen molar-refractivity contribution in [3.05, 3.63) is 76.1 Å². The zero-order valence-electron chi connectivity index (χ0n) is 15.6. The minimum atomic E-state index is -0.999. The van der Waals surface area contributed by atoms with Crippen molar-refractivity contribution in [3.8, 4) is 0 Å². The highest BCUT2D eigenvalue weighted by atomic mass is 127. The minimum Gasteiger partial charge on any atom is -0.758 e. The fraction of sp³-hybridized carbons (Fsp3) is 0.286. The third kappa shape index (κ3) is 4.29. The van der Waals surface area contributed by atoms with Crippen LogP contribution in [0, 0.1) is 10.6 Å². The molecule has 0 aromatic heterocycles. The van der Waals surface area contributed by atoms with Crippen LogP contribution in [0.15, 0.2) is 60.4 Å². The van der Waals surface area contributed by atoms with Crippen LogP contribution in [0.4, 0.5) is 5.69 Å². The second-order valence-electron chi connectivity index (χ2n) is 7.11. The number of rotatable bonds is 5. The van der Waals surface area contributed by atoms with Crippen molar-refractivity contribution in [1.29, 1.82) is 0 Å². The second-order valence-corrected chi connectivity index (χ2v) is 8.31. The summed E-state index contributed by atoms with van der Waals surface area (Å²) < 4.78 is 6.48. The average Bonchev–Trinajstić information content (AvgIpc) is 2.68. The van der Waals surface area contributed by atoms with E-state index in [1.54, 1.807) is 38.1 Å². The lowest BCUT2D eigenvalue weighted by atomic mass is 9.82. The molecule has 7 heteroatoms. The van der Waals surface area contributed by atoms with E-state index >= 15 is 0 Å². The third-order valence-electron chi connectivity index (χ3n) is 4.85. The van der Waals surface area contributed by atoms with Gasteiger partial charge in [-0.25, -0.2) is 0 Å². The van der Waals surface area contributed by atoms with E-state index < -0.39 is 11.5 Å². The molecule has 1 unspecified atom stereocenters. The molecule has 5 nitrogen and oxygen atoms in total. The molecular formula is C21H21ClIN2O3-. The van der Waals surface area contributed by atoms with E-state index in [1.165, 1.54) is 0 Å². The summed E-state index contributed by atoms with van der Waals surface area (Å²) in [5.74, 6) is 0.360. The zero-order valence-corrected chi connectivity index (χ0v) is 18.5. The molecule has 0 fully saturated rings. The van der Waals surface area contributed by atoms with E-state index in [0.717, 1.165) is 10.6 Å². The van der Waals surface area contributed by atoms with E-state index in [0.29, 0.717) is 26.6 Å². The number of anilines is 1. The Morgan fingerprint density at radius 3 is 2.64 bits per heavy atom. The number of carbonyl (C=O) groups is 1. The molecule has 3 rings (SSSR count). The molecule has 0 saturated carbocycles. The number of benzene rings is 2. The Kier molecular flexibility index (Phi) is 6.52. The maximum absolute atomic E-state index is 13.3. The number of ether oxygens (including phenoxy) is 1. The highest BCUT2D eigenvalue weighted by Crippen LogP contribution is 2.38. The molecule has 1 N–H and O–H groups in total. The number of hydroxylamine groups is 2. The summed E-state index contributed by atoms with van der Waals surface area (Å²) in [4.78, 5) is 13.0. The van der Waals surface area contributed by atoms with Gasteiger partial charge in [-0.15, -0.1) is 0 Å². The number of hydrogen-bond acceptors (Lipinski definition) is 4. The Bertz CT molecular complexity index is 886. The van der Waals surface area contributed by atoms with Crippen molar-refractivity contribution in [2.24, 2.45) is 5.41 Å². The predicted octanol–water partition coefficient (Wildman–Crippen LogP) is 5.31. The molecule has 0 aliphatic carbocycles. The third-order valence-corrected chi connectivity index (χ3v) is 5.78. The number of hydrogen-bond donors (Lipinski definition) is 1. The van der Waals surface area contributed by atoms with Gasteiger partial charge < -0.3 is 20.3 Å². The van der Waals surface area contributed by atoms with Crippen molar-refractivity contribution in [3.63, 3.8) is 0 Å².